The van der Waals surface area contributed by atoms with Crippen LogP contribution in [-0.2, 0) is 4.74 Å². The van der Waals surface area contributed by atoms with E-state index in [1.165, 1.54) is 5.56 Å². The fraction of sp³-hybridized carbons (Fsp3) is 0.400. The predicted molar refractivity (Wildman–Crippen MR) is 54.6 cm³/mol. The van der Waals surface area contributed by atoms with Crippen molar-refractivity contribution in [1.82, 2.24) is 0 Å². The third kappa shape index (κ3) is 2.54. The molecule has 0 saturated heterocycles. The zero-order chi connectivity index (χ0) is 8.81. The first-order valence-electron chi connectivity index (χ1n) is 3.95. The summed E-state index contributed by atoms with van der Waals surface area (Å²) in [5.74, 6) is 0. The van der Waals surface area contributed by atoms with Gasteiger partial charge in [-0.2, -0.15) is 11.8 Å². The lowest BCUT2D eigenvalue weighted by molar-refractivity contribution is 0.200. The van der Waals surface area contributed by atoms with Gasteiger partial charge in [-0.3, -0.25) is 0 Å². The lowest BCUT2D eigenvalue weighted by atomic mass is 10.1. The molecule has 0 aliphatic heterocycles. The largest absolute Gasteiger partial charge is 0.383 e. The van der Waals surface area contributed by atoms with Gasteiger partial charge in [-0.15, -0.1) is 0 Å². The van der Waals surface area contributed by atoms with E-state index in [1.54, 1.807) is 7.11 Å². The average molecular weight is 182 g/mol. The number of methoxy groups -OCH3 is 1. The highest BCUT2D eigenvalue weighted by atomic mass is 32.2. The number of benzene rings is 1. The summed E-state index contributed by atoms with van der Waals surface area (Å²) in [6, 6.07) is 10.4. The van der Waals surface area contributed by atoms with Gasteiger partial charge in [-0.25, -0.2) is 0 Å². The highest BCUT2D eigenvalue weighted by Crippen LogP contribution is 2.25. The minimum absolute atomic E-state index is 0.469. The maximum Gasteiger partial charge on any atom is 0.0622 e. The van der Waals surface area contributed by atoms with Gasteiger partial charge >= 0.3 is 0 Å². The molecule has 0 fully saturated rings. The van der Waals surface area contributed by atoms with E-state index in [1.807, 2.05) is 17.8 Å². The summed E-state index contributed by atoms with van der Waals surface area (Å²) in [4.78, 5) is 0. The molecule has 0 spiro atoms. The quantitative estimate of drug-likeness (QED) is 0.708. The Morgan fingerprint density at radius 1 is 1.33 bits per heavy atom. The molecule has 0 N–H and O–H groups in total. The molecule has 0 radical (unpaired) electrons. The van der Waals surface area contributed by atoms with Crippen LogP contribution in [0.2, 0.25) is 0 Å². The normalized spacial score (nSPS) is 12.8. The third-order valence-corrected chi connectivity index (χ3v) is 2.75. The highest BCUT2D eigenvalue weighted by Gasteiger charge is 2.07. The van der Waals surface area contributed by atoms with Crippen molar-refractivity contribution in [3.8, 4) is 0 Å². The van der Waals surface area contributed by atoms with Gasteiger partial charge in [0.2, 0.25) is 0 Å². The summed E-state index contributed by atoms with van der Waals surface area (Å²) >= 11 is 1.82. The van der Waals surface area contributed by atoms with Crippen molar-refractivity contribution in [2.75, 3.05) is 20.0 Å². The average Bonchev–Trinajstić information content (AvgIpc) is 2.15. The molecule has 0 aromatic heterocycles. The molecule has 1 aromatic carbocycles. The van der Waals surface area contributed by atoms with Crippen LogP contribution in [0.4, 0.5) is 0 Å². The molecule has 66 valence electrons. The number of ether oxygens (including phenoxy) is 1. The van der Waals surface area contributed by atoms with Crippen LogP contribution in [0.3, 0.4) is 0 Å². The van der Waals surface area contributed by atoms with Gasteiger partial charge in [0.1, 0.15) is 0 Å². The van der Waals surface area contributed by atoms with Crippen molar-refractivity contribution in [3.63, 3.8) is 0 Å². The first-order valence-corrected chi connectivity index (χ1v) is 5.24. The fourth-order valence-electron chi connectivity index (χ4n) is 1.12. The van der Waals surface area contributed by atoms with Crippen LogP contribution in [0.25, 0.3) is 0 Å². The van der Waals surface area contributed by atoms with Crippen molar-refractivity contribution in [1.29, 1.82) is 0 Å². The molecule has 1 atom stereocenters. The second-order valence-corrected chi connectivity index (χ2v) is 3.63. The predicted octanol–water partition coefficient (Wildman–Crippen LogP) is 2.74. The van der Waals surface area contributed by atoms with Crippen molar-refractivity contribution in [3.05, 3.63) is 35.9 Å². The van der Waals surface area contributed by atoms with Gasteiger partial charge < -0.3 is 4.74 Å². The smallest absolute Gasteiger partial charge is 0.0622 e. The Morgan fingerprint density at radius 3 is 2.50 bits per heavy atom. The standard InChI is InChI=1S/C10H14OS/c1-11-8-10(12-2)9-6-4-3-5-7-9/h3-7,10H,8H2,1-2H3. The lowest BCUT2D eigenvalue weighted by Gasteiger charge is -2.12. The van der Waals surface area contributed by atoms with E-state index < -0.39 is 0 Å². The molecule has 1 unspecified atom stereocenters. The first-order chi connectivity index (χ1) is 5.88. The van der Waals surface area contributed by atoms with Gasteiger partial charge in [0.05, 0.1) is 11.9 Å². The summed E-state index contributed by atoms with van der Waals surface area (Å²) in [7, 11) is 1.74. The molecule has 0 heterocycles. The Kier molecular flexibility index (Phi) is 4.19. The SMILES string of the molecule is COCC(SC)c1ccccc1. The van der Waals surface area contributed by atoms with E-state index in [0.29, 0.717) is 5.25 Å². The van der Waals surface area contributed by atoms with Crippen LogP contribution in [0, 0.1) is 0 Å². The van der Waals surface area contributed by atoms with E-state index in [-0.39, 0.29) is 0 Å². The Hall–Kier alpha value is -0.470. The molecule has 2 heteroatoms. The monoisotopic (exact) mass is 182 g/mol. The molecule has 1 rings (SSSR count). The van der Waals surface area contributed by atoms with Crippen LogP contribution >= 0.6 is 11.8 Å². The van der Waals surface area contributed by atoms with Crippen molar-refractivity contribution < 1.29 is 4.74 Å². The van der Waals surface area contributed by atoms with E-state index in [0.717, 1.165) is 6.61 Å². The zero-order valence-electron chi connectivity index (χ0n) is 7.49. The molecular weight excluding hydrogens is 168 g/mol. The zero-order valence-corrected chi connectivity index (χ0v) is 8.30. The summed E-state index contributed by atoms with van der Waals surface area (Å²) in [6.45, 7) is 0.783. The second-order valence-electron chi connectivity index (χ2n) is 2.59. The molecule has 1 nitrogen and oxygen atoms in total. The van der Waals surface area contributed by atoms with E-state index in [2.05, 4.69) is 30.5 Å². The maximum absolute atomic E-state index is 5.13. The van der Waals surface area contributed by atoms with Crippen LogP contribution < -0.4 is 0 Å². The summed E-state index contributed by atoms with van der Waals surface area (Å²) < 4.78 is 5.13. The topological polar surface area (TPSA) is 9.23 Å². The van der Waals surface area contributed by atoms with Crippen LogP contribution in [0.5, 0.6) is 0 Å². The Morgan fingerprint density at radius 2 is 2.00 bits per heavy atom. The lowest BCUT2D eigenvalue weighted by Crippen LogP contribution is -2.01. The molecule has 12 heavy (non-hydrogen) atoms. The number of rotatable bonds is 4. The number of thioether (sulfide) groups is 1. The molecule has 0 saturated carbocycles. The van der Waals surface area contributed by atoms with Gasteiger partial charge in [0.25, 0.3) is 0 Å². The molecule has 0 aliphatic carbocycles. The first kappa shape index (κ1) is 9.62. The summed E-state index contributed by atoms with van der Waals surface area (Å²) in [6.07, 6.45) is 2.11. The van der Waals surface area contributed by atoms with E-state index in [9.17, 15) is 0 Å². The van der Waals surface area contributed by atoms with Crippen molar-refractivity contribution >= 4 is 11.8 Å². The highest BCUT2D eigenvalue weighted by molar-refractivity contribution is 7.98. The maximum atomic E-state index is 5.13. The number of hydrogen-bond acceptors (Lipinski definition) is 2. The third-order valence-electron chi connectivity index (χ3n) is 1.77. The van der Waals surface area contributed by atoms with Gasteiger partial charge in [0, 0.05) is 7.11 Å². The minimum atomic E-state index is 0.469. The Bertz CT molecular complexity index is 210. The van der Waals surface area contributed by atoms with Gasteiger partial charge in [0.15, 0.2) is 0 Å². The van der Waals surface area contributed by atoms with Crippen LogP contribution in [-0.4, -0.2) is 20.0 Å². The van der Waals surface area contributed by atoms with E-state index in [4.69, 9.17) is 4.74 Å². The Labute approximate surface area is 78.1 Å². The fourth-order valence-corrected chi connectivity index (χ4v) is 1.82. The van der Waals surface area contributed by atoms with Crippen molar-refractivity contribution in [2.45, 2.75) is 5.25 Å². The number of hydrogen-bond donors (Lipinski definition) is 0. The molecule has 0 bridgehead atoms. The molecule has 0 amide bonds. The van der Waals surface area contributed by atoms with Crippen LogP contribution in [0.1, 0.15) is 10.8 Å². The molecular formula is C10H14OS. The summed E-state index contributed by atoms with van der Waals surface area (Å²) in [5, 5.41) is 0.469. The minimum Gasteiger partial charge on any atom is -0.383 e. The van der Waals surface area contributed by atoms with E-state index >= 15 is 0 Å². The Balaban J connectivity index is 2.66. The molecule has 1 aromatic rings. The second kappa shape index (κ2) is 5.22. The van der Waals surface area contributed by atoms with Crippen LogP contribution in [0.15, 0.2) is 30.3 Å². The van der Waals surface area contributed by atoms with Gasteiger partial charge in [-0.05, 0) is 11.8 Å². The molecule has 0 aliphatic rings. The van der Waals surface area contributed by atoms with Gasteiger partial charge in [-0.1, -0.05) is 30.3 Å². The van der Waals surface area contributed by atoms with Crippen molar-refractivity contribution in [2.24, 2.45) is 0 Å². The summed E-state index contributed by atoms with van der Waals surface area (Å²) in [5.41, 5.74) is 1.34.